The van der Waals surface area contributed by atoms with Gasteiger partial charge in [-0.2, -0.15) is 5.10 Å². The number of nitro benzene ring substituents is 1. The summed E-state index contributed by atoms with van der Waals surface area (Å²) in [5.41, 5.74) is 3.83. The zero-order chi connectivity index (χ0) is 21.1. The first-order valence-corrected chi connectivity index (χ1v) is 10.4. The number of thiazole rings is 1. The summed E-state index contributed by atoms with van der Waals surface area (Å²) in [7, 11) is 0. The van der Waals surface area contributed by atoms with E-state index in [0.717, 1.165) is 20.6 Å². The number of rotatable bonds is 5. The van der Waals surface area contributed by atoms with Crippen LogP contribution in [0, 0.1) is 17.0 Å². The fourth-order valence-corrected chi connectivity index (χ4v) is 4.34. The van der Waals surface area contributed by atoms with E-state index in [1.165, 1.54) is 23.9 Å². The molecule has 0 aliphatic carbocycles. The van der Waals surface area contributed by atoms with Crippen LogP contribution in [0.15, 0.2) is 76.9 Å². The van der Waals surface area contributed by atoms with E-state index in [4.69, 9.17) is 11.6 Å². The number of fused-ring (bicyclic) bond motifs is 1. The Bertz CT molecular complexity index is 1330. The number of halogens is 1. The van der Waals surface area contributed by atoms with E-state index in [2.05, 4.69) is 52.0 Å². The molecule has 0 atom stereocenters. The molecule has 0 spiro atoms. The van der Waals surface area contributed by atoms with Crippen LogP contribution in [-0.2, 0) is 6.54 Å². The molecule has 0 N–H and O–H groups in total. The molecule has 0 amide bonds. The Morgan fingerprint density at radius 2 is 1.93 bits per heavy atom. The van der Waals surface area contributed by atoms with Crippen LogP contribution in [0.1, 0.15) is 16.7 Å². The summed E-state index contributed by atoms with van der Waals surface area (Å²) in [4.78, 5) is 11.3. The van der Waals surface area contributed by atoms with Crippen molar-refractivity contribution in [1.29, 1.82) is 0 Å². The third-order valence-corrected chi connectivity index (χ3v) is 5.89. The first kappa shape index (κ1) is 20.0. The fraction of sp³-hybridized carbons (Fsp3) is 0.0909. The first-order valence-electron chi connectivity index (χ1n) is 9.16. The van der Waals surface area contributed by atoms with Crippen LogP contribution in [-0.4, -0.2) is 15.7 Å². The summed E-state index contributed by atoms with van der Waals surface area (Å²) >= 11 is 7.42. The number of nitro groups is 1. The average molecular weight is 437 g/mol. The molecule has 8 heteroatoms. The van der Waals surface area contributed by atoms with Gasteiger partial charge in [0.1, 0.15) is 5.02 Å². The molecule has 0 unspecified atom stereocenters. The molecule has 150 valence electrons. The van der Waals surface area contributed by atoms with Crippen molar-refractivity contribution in [3.05, 3.63) is 103 Å². The van der Waals surface area contributed by atoms with Crippen LogP contribution >= 0.6 is 22.9 Å². The summed E-state index contributed by atoms with van der Waals surface area (Å²) in [6.45, 7) is 2.73. The highest BCUT2D eigenvalue weighted by atomic mass is 35.5. The second-order valence-electron chi connectivity index (χ2n) is 6.74. The van der Waals surface area contributed by atoms with Crippen LogP contribution in [0.3, 0.4) is 0 Å². The van der Waals surface area contributed by atoms with E-state index in [1.807, 2.05) is 18.2 Å². The van der Waals surface area contributed by atoms with Crippen molar-refractivity contribution in [3.63, 3.8) is 0 Å². The van der Waals surface area contributed by atoms with E-state index in [1.54, 1.807) is 17.4 Å². The van der Waals surface area contributed by atoms with Gasteiger partial charge in [-0.1, -0.05) is 65.4 Å². The van der Waals surface area contributed by atoms with E-state index >= 15 is 0 Å². The van der Waals surface area contributed by atoms with Gasteiger partial charge < -0.3 is 4.57 Å². The van der Waals surface area contributed by atoms with Gasteiger partial charge in [-0.15, -0.1) is 5.10 Å². The lowest BCUT2D eigenvalue weighted by Gasteiger charge is -2.05. The summed E-state index contributed by atoms with van der Waals surface area (Å²) < 4.78 is 3.25. The molecule has 1 aromatic heterocycles. The molecular formula is C22H17ClN4O2S. The van der Waals surface area contributed by atoms with E-state index < -0.39 is 4.92 Å². The quantitative estimate of drug-likeness (QED) is 0.233. The number of aryl methyl sites for hydroxylation is 1. The second kappa shape index (κ2) is 8.61. The van der Waals surface area contributed by atoms with Gasteiger partial charge in [-0.25, -0.2) is 0 Å². The number of hydrogen-bond acceptors (Lipinski definition) is 5. The van der Waals surface area contributed by atoms with E-state index in [9.17, 15) is 10.1 Å². The van der Waals surface area contributed by atoms with Gasteiger partial charge in [0.15, 0.2) is 0 Å². The number of benzene rings is 3. The summed E-state index contributed by atoms with van der Waals surface area (Å²) in [5.74, 6) is 0. The molecule has 4 aromatic rings. The number of nitrogens with zero attached hydrogens (tertiary/aromatic N) is 4. The Hall–Kier alpha value is -3.29. The topological polar surface area (TPSA) is 72.8 Å². The number of hydrogen-bond donors (Lipinski definition) is 0. The highest BCUT2D eigenvalue weighted by Crippen LogP contribution is 2.24. The summed E-state index contributed by atoms with van der Waals surface area (Å²) in [5, 5.41) is 19.8. The summed E-state index contributed by atoms with van der Waals surface area (Å²) in [6, 6.07) is 21.0. The molecule has 0 radical (unpaired) electrons. The van der Waals surface area contributed by atoms with Crippen molar-refractivity contribution in [2.75, 3.05) is 0 Å². The highest BCUT2D eigenvalue weighted by Gasteiger charge is 2.12. The maximum Gasteiger partial charge on any atom is 0.288 e. The lowest BCUT2D eigenvalue weighted by molar-refractivity contribution is -0.384. The molecule has 0 bridgehead atoms. The molecule has 30 heavy (non-hydrogen) atoms. The van der Waals surface area contributed by atoms with Crippen molar-refractivity contribution in [2.45, 2.75) is 13.5 Å². The number of aromatic nitrogens is 1. The van der Waals surface area contributed by atoms with Gasteiger partial charge in [-0.3, -0.25) is 10.1 Å². The maximum atomic E-state index is 11.1. The van der Waals surface area contributed by atoms with Gasteiger partial charge in [-0.05, 0) is 36.2 Å². The van der Waals surface area contributed by atoms with Crippen molar-refractivity contribution in [2.24, 2.45) is 10.2 Å². The third-order valence-electron chi connectivity index (χ3n) is 4.54. The lowest BCUT2D eigenvalue weighted by Crippen LogP contribution is -2.15. The Kier molecular flexibility index (Phi) is 5.74. The highest BCUT2D eigenvalue weighted by molar-refractivity contribution is 7.16. The van der Waals surface area contributed by atoms with Gasteiger partial charge >= 0.3 is 0 Å². The standard InChI is InChI=1S/C22H17ClN4O2S/c1-15-7-10-19-21(11-15)30-22(26(19)14-16-5-3-2-4-6-16)25-24-13-17-8-9-18(23)20(12-17)27(28)29/h2-13H,14H2,1H3/b24-13+,25-22-. The molecule has 3 aromatic carbocycles. The van der Waals surface area contributed by atoms with E-state index in [0.29, 0.717) is 12.1 Å². The Labute approximate surface area is 181 Å². The molecule has 0 aliphatic heterocycles. The predicted molar refractivity (Wildman–Crippen MR) is 121 cm³/mol. The molecule has 0 saturated carbocycles. The minimum absolute atomic E-state index is 0.0923. The van der Waals surface area contributed by atoms with Gasteiger partial charge in [0.05, 0.1) is 27.9 Å². The van der Waals surface area contributed by atoms with Crippen molar-refractivity contribution < 1.29 is 4.92 Å². The van der Waals surface area contributed by atoms with Crippen LogP contribution in [0.4, 0.5) is 5.69 Å². The second-order valence-corrected chi connectivity index (χ2v) is 8.16. The Morgan fingerprint density at radius 1 is 1.13 bits per heavy atom. The van der Waals surface area contributed by atoms with Crippen LogP contribution in [0.2, 0.25) is 5.02 Å². The molecule has 0 aliphatic rings. The zero-order valence-electron chi connectivity index (χ0n) is 16.0. The SMILES string of the molecule is Cc1ccc2c(c1)s/c(=N\N=C\c1ccc(Cl)c([N+](=O)[O-])c1)n2Cc1ccccc1. The normalized spacial score (nSPS) is 12.1. The van der Waals surface area contributed by atoms with Gasteiger partial charge in [0.2, 0.25) is 4.80 Å². The largest absolute Gasteiger partial charge is 0.311 e. The Morgan fingerprint density at radius 3 is 2.70 bits per heavy atom. The lowest BCUT2D eigenvalue weighted by atomic mass is 10.2. The Balaban J connectivity index is 1.75. The third kappa shape index (κ3) is 4.32. The van der Waals surface area contributed by atoms with Crippen LogP contribution < -0.4 is 4.80 Å². The molecular weight excluding hydrogens is 420 g/mol. The first-order chi connectivity index (χ1) is 14.5. The monoisotopic (exact) mass is 436 g/mol. The predicted octanol–water partition coefficient (Wildman–Crippen LogP) is 5.56. The van der Waals surface area contributed by atoms with Crippen molar-refractivity contribution in [1.82, 2.24) is 4.57 Å². The maximum absolute atomic E-state index is 11.1. The van der Waals surface area contributed by atoms with Crippen molar-refractivity contribution in [3.8, 4) is 0 Å². The zero-order valence-corrected chi connectivity index (χ0v) is 17.6. The summed E-state index contributed by atoms with van der Waals surface area (Å²) in [6.07, 6.45) is 1.49. The smallest absolute Gasteiger partial charge is 0.288 e. The minimum Gasteiger partial charge on any atom is -0.311 e. The molecule has 1 heterocycles. The molecule has 0 fully saturated rings. The minimum atomic E-state index is -0.515. The van der Waals surface area contributed by atoms with Crippen LogP contribution in [0.25, 0.3) is 10.2 Å². The molecule has 6 nitrogen and oxygen atoms in total. The van der Waals surface area contributed by atoms with Crippen LogP contribution in [0.5, 0.6) is 0 Å². The molecule has 0 saturated heterocycles. The average Bonchev–Trinajstić information content (AvgIpc) is 3.06. The van der Waals surface area contributed by atoms with Gasteiger partial charge in [0.25, 0.3) is 5.69 Å². The van der Waals surface area contributed by atoms with E-state index in [-0.39, 0.29) is 10.7 Å². The van der Waals surface area contributed by atoms with Crippen molar-refractivity contribution >= 4 is 45.1 Å². The fourth-order valence-electron chi connectivity index (χ4n) is 3.07. The van der Waals surface area contributed by atoms with Gasteiger partial charge in [0, 0.05) is 11.6 Å². The molecule has 4 rings (SSSR count).